The van der Waals surface area contributed by atoms with Crippen LogP contribution >= 0.6 is 15.9 Å². The van der Waals surface area contributed by atoms with Crippen LogP contribution < -0.4 is 0 Å². The van der Waals surface area contributed by atoms with E-state index in [0.29, 0.717) is 5.56 Å². The second kappa shape index (κ2) is 8.54. The number of methoxy groups -OCH3 is 1. The SMILES string of the molecule is COC(=O)c1ccc(Cc2c(C)n(CCCCBr)c3ccccc23)cc1. The fourth-order valence-corrected chi connectivity index (χ4v) is 3.86. The zero-order chi connectivity index (χ0) is 18.5. The Morgan fingerprint density at radius 3 is 2.50 bits per heavy atom. The minimum atomic E-state index is -0.295. The Morgan fingerprint density at radius 1 is 1.08 bits per heavy atom. The van der Waals surface area contributed by atoms with Gasteiger partial charge in [0.2, 0.25) is 0 Å². The first-order chi connectivity index (χ1) is 12.7. The highest BCUT2D eigenvalue weighted by Gasteiger charge is 2.14. The lowest BCUT2D eigenvalue weighted by molar-refractivity contribution is 0.0600. The van der Waals surface area contributed by atoms with Gasteiger partial charge in [-0.15, -0.1) is 0 Å². The number of carbonyl (C=O) groups is 1. The summed E-state index contributed by atoms with van der Waals surface area (Å²) in [5, 5.41) is 2.37. The van der Waals surface area contributed by atoms with Crippen LogP contribution in [0.1, 0.15) is 40.0 Å². The first-order valence-corrected chi connectivity index (χ1v) is 10.1. The molecule has 0 fully saturated rings. The summed E-state index contributed by atoms with van der Waals surface area (Å²) in [7, 11) is 1.41. The van der Waals surface area contributed by atoms with Crippen LogP contribution in [0.2, 0.25) is 0 Å². The number of benzene rings is 2. The number of para-hydroxylation sites is 1. The average Bonchev–Trinajstić information content (AvgIpc) is 2.94. The smallest absolute Gasteiger partial charge is 0.337 e. The lowest BCUT2D eigenvalue weighted by atomic mass is 10.0. The molecular formula is C22H24BrNO2. The van der Waals surface area contributed by atoms with Crippen molar-refractivity contribution in [3.63, 3.8) is 0 Å². The molecule has 1 aromatic heterocycles. The Balaban J connectivity index is 1.92. The maximum absolute atomic E-state index is 11.6. The molecule has 0 unspecified atom stereocenters. The van der Waals surface area contributed by atoms with Crippen molar-refractivity contribution in [3.05, 3.63) is 70.9 Å². The van der Waals surface area contributed by atoms with Crippen molar-refractivity contribution in [1.82, 2.24) is 4.57 Å². The Bertz CT molecular complexity index is 896. The molecule has 0 aliphatic heterocycles. The van der Waals surface area contributed by atoms with Crippen LogP contribution in [-0.2, 0) is 17.7 Å². The third-order valence-electron chi connectivity index (χ3n) is 4.88. The summed E-state index contributed by atoms with van der Waals surface area (Å²) >= 11 is 3.52. The Labute approximate surface area is 163 Å². The Morgan fingerprint density at radius 2 is 1.81 bits per heavy atom. The van der Waals surface area contributed by atoms with Gasteiger partial charge in [0.25, 0.3) is 0 Å². The van der Waals surface area contributed by atoms with Gasteiger partial charge in [-0.1, -0.05) is 46.3 Å². The van der Waals surface area contributed by atoms with Gasteiger partial charge in [-0.3, -0.25) is 0 Å². The minimum absolute atomic E-state index is 0.295. The number of carbonyl (C=O) groups excluding carboxylic acids is 1. The van der Waals surface area contributed by atoms with Crippen LogP contribution in [0.5, 0.6) is 0 Å². The molecular weight excluding hydrogens is 390 g/mol. The number of halogens is 1. The van der Waals surface area contributed by atoms with E-state index >= 15 is 0 Å². The highest BCUT2D eigenvalue weighted by atomic mass is 79.9. The number of hydrogen-bond acceptors (Lipinski definition) is 2. The van der Waals surface area contributed by atoms with Crippen LogP contribution in [0.3, 0.4) is 0 Å². The number of nitrogens with zero attached hydrogens (tertiary/aromatic N) is 1. The van der Waals surface area contributed by atoms with Crippen molar-refractivity contribution in [2.24, 2.45) is 0 Å². The van der Waals surface area contributed by atoms with Crippen LogP contribution in [0, 0.1) is 6.92 Å². The number of rotatable bonds is 7. The first-order valence-electron chi connectivity index (χ1n) is 8.95. The highest BCUT2D eigenvalue weighted by Crippen LogP contribution is 2.28. The number of aryl methyl sites for hydroxylation is 1. The molecule has 0 saturated carbocycles. The minimum Gasteiger partial charge on any atom is -0.465 e. The van der Waals surface area contributed by atoms with Gasteiger partial charge in [-0.2, -0.15) is 0 Å². The van der Waals surface area contributed by atoms with Gasteiger partial charge in [0.15, 0.2) is 0 Å². The number of ether oxygens (including phenoxy) is 1. The lowest BCUT2D eigenvalue weighted by Crippen LogP contribution is -2.02. The molecule has 1 heterocycles. The molecule has 0 saturated heterocycles. The maximum atomic E-state index is 11.6. The van der Waals surface area contributed by atoms with Gasteiger partial charge in [0, 0.05) is 28.5 Å². The van der Waals surface area contributed by atoms with Crippen molar-refractivity contribution in [1.29, 1.82) is 0 Å². The first kappa shape index (κ1) is 18.7. The molecule has 0 aliphatic rings. The third-order valence-corrected chi connectivity index (χ3v) is 5.44. The van der Waals surface area contributed by atoms with E-state index < -0.39 is 0 Å². The van der Waals surface area contributed by atoms with Gasteiger partial charge in [0.05, 0.1) is 12.7 Å². The van der Waals surface area contributed by atoms with Crippen molar-refractivity contribution in [2.75, 3.05) is 12.4 Å². The largest absolute Gasteiger partial charge is 0.465 e. The van der Waals surface area contributed by atoms with Crippen molar-refractivity contribution in [3.8, 4) is 0 Å². The summed E-state index contributed by atoms with van der Waals surface area (Å²) in [6, 6.07) is 16.3. The lowest BCUT2D eigenvalue weighted by Gasteiger charge is -2.08. The van der Waals surface area contributed by atoms with Crippen LogP contribution in [-0.4, -0.2) is 23.0 Å². The molecule has 0 aliphatic carbocycles. The van der Waals surface area contributed by atoms with Crippen molar-refractivity contribution < 1.29 is 9.53 Å². The average molecular weight is 414 g/mol. The number of hydrogen-bond donors (Lipinski definition) is 0. The molecule has 3 nitrogen and oxygen atoms in total. The summed E-state index contributed by atoms with van der Waals surface area (Å²) in [5.74, 6) is -0.295. The number of unbranched alkanes of at least 4 members (excludes halogenated alkanes) is 1. The van der Waals surface area contributed by atoms with Crippen LogP contribution in [0.15, 0.2) is 48.5 Å². The molecule has 0 atom stereocenters. The molecule has 3 aromatic rings. The fourth-order valence-electron chi connectivity index (χ4n) is 3.46. The van der Waals surface area contributed by atoms with E-state index in [1.165, 1.54) is 41.3 Å². The van der Waals surface area contributed by atoms with Gasteiger partial charge < -0.3 is 9.30 Å². The van der Waals surface area contributed by atoms with Gasteiger partial charge in [0.1, 0.15) is 0 Å². The van der Waals surface area contributed by atoms with Crippen LogP contribution in [0.25, 0.3) is 10.9 Å². The summed E-state index contributed by atoms with van der Waals surface area (Å²) in [6.07, 6.45) is 3.20. The monoisotopic (exact) mass is 413 g/mol. The van der Waals surface area contributed by atoms with E-state index in [9.17, 15) is 4.79 Å². The second-order valence-corrected chi connectivity index (χ2v) is 7.29. The number of aromatic nitrogens is 1. The van der Waals surface area contributed by atoms with Crippen molar-refractivity contribution in [2.45, 2.75) is 32.7 Å². The van der Waals surface area contributed by atoms with E-state index in [1.54, 1.807) is 0 Å². The number of esters is 1. The summed E-state index contributed by atoms with van der Waals surface area (Å²) in [6.45, 7) is 3.26. The molecule has 26 heavy (non-hydrogen) atoms. The summed E-state index contributed by atoms with van der Waals surface area (Å²) < 4.78 is 7.22. The predicted molar refractivity (Wildman–Crippen MR) is 110 cm³/mol. The Hall–Kier alpha value is -2.07. The summed E-state index contributed by atoms with van der Waals surface area (Å²) in [4.78, 5) is 11.6. The normalized spacial score (nSPS) is 11.0. The van der Waals surface area contributed by atoms with Gasteiger partial charge in [-0.25, -0.2) is 4.79 Å². The predicted octanol–water partition coefficient (Wildman–Crippen LogP) is 5.50. The quantitative estimate of drug-likeness (QED) is 0.290. The molecule has 0 bridgehead atoms. The van der Waals surface area contributed by atoms with Gasteiger partial charge in [-0.05, 0) is 55.5 Å². The summed E-state index contributed by atoms with van der Waals surface area (Å²) in [5.41, 5.74) is 5.79. The fraction of sp³-hybridized carbons (Fsp3) is 0.318. The van der Waals surface area contributed by atoms with E-state index in [-0.39, 0.29) is 5.97 Å². The molecule has 0 N–H and O–H groups in total. The molecule has 4 heteroatoms. The molecule has 0 amide bonds. The van der Waals surface area contributed by atoms with E-state index in [4.69, 9.17) is 4.74 Å². The molecule has 0 spiro atoms. The molecule has 0 radical (unpaired) electrons. The number of alkyl halides is 1. The van der Waals surface area contributed by atoms with E-state index in [1.807, 2.05) is 24.3 Å². The molecule has 136 valence electrons. The third kappa shape index (κ3) is 3.85. The molecule has 2 aromatic carbocycles. The van der Waals surface area contributed by atoms with Crippen molar-refractivity contribution >= 4 is 32.8 Å². The standard InChI is InChI=1S/C22H24BrNO2/c1-16-20(15-17-9-11-18(12-10-17)22(25)26-2)19-7-3-4-8-21(19)24(16)14-6-5-13-23/h3-4,7-12H,5-6,13-15H2,1-2H3. The molecule has 3 rings (SSSR count). The zero-order valence-electron chi connectivity index (χ0n) is 15.3. The van der Waals surface area contributed by atoms with Crippen LogP contribution in [0.4, 0.5) is 0 Å². The topological polar surface area (TPSA) is 31.2 Å². The highest BCUT2D eigenvalue weighted by molar-refractivity contribution is 9.09. The van der Waals surface area contributed by atoms with E-state index in [2.05, 4.69) is 51.7 Å². The second-order valence-electron chi connectivity index (χ2n) is 6.49. The Kier molecular flexibility index (Phi) is 6.15. The number of fused-ring (bicyclic) bond motifs is 1. The van der Waals surface area contributed by atoms with Gasteiger partial charge >= 0.3 is 5.97 Å². The zero-order valence-corrected chi connectivity index (χ0v) is 16.9. The maximum Gasteiger partial charge on any atom is 0.337 e. The van der Waals surface area contributed by atoms with E-state index in [0.717, 1.165) is 24.7 Å².